The van der Waals surface area contributed by atoms with Crippen molar-refractivity contribution < 1.29 is 0 Å². The molecule has 0 fully saturated rings. The molecule has 0 amide bonds. The van der Waals surface area contributed by atoms with Crippen LogP contribution in [-0.4, -0.2) is 14.8 Å². The van der Waals surface area contributed by atoms with Crippen LogP contribution >= 0.6 is 11.6 Å². The molecule has 116 valence electrons. The number of anilines is 1. The maximum atomic E-state index is 6.02. The van der Waals surface area contributed by atoms with E-state index in [0.717, 1.165) is 17.4 Å². The second kappa shape index (κ2) is 5.70. The molecule has 1 aliphatic rings. The molecule has 5 heteroatoms. The summed E-state index contributed by atoms with van der Waals surface area (Å²) in [6.07, 6.45) is 2.52. The number of nitrogens with one attached hydrogen (secondary N) is 1. The van der Waals surface area contributed by atoms with Crippen molar-refractivity contribution in [2.45, 2.75) is 25.4 Å². The Hall–Kier alpha value is -2.33. The van der Waals surface area contributed by atoms with Crippen molar-refractivity contribution >= 4 is 17.5 Å². The van der Waals surface area contributed by atoms with Crippen molar-refractivity contribution in [3.8, 4) is 0 Å². The Bertz CT molecular complexity index is 808. The van der Waals surface area contributed by atoms with Crippen LogP contribution in [0.3, 0.4) is 0 Å². The van der Waals surface area contributed by atoms with Crippen LogP contribution in [-0.2, 0) is 0 Å². The average molecular weight is 325 g/mol. The summed E-state index contributed by atoms with van der Waals surface area (Å²) in [6.45, 7) is 2.10. The molecule has 4 rings (SSSR count). The van der Waals surface area contributed by atoms with Gasteiger partial charge in [0.05, 0.1) is 12.1 Å². The minimum Gasteiger partial charge on any atom is -0.348 e. The van der Waals surface area contributed by atoms with Crippen molar-refractivity contribution in [2.75, 3.05) is 5.32 Å². The quantitative estimate of drug-likeness (QED) is 0.760. The standard InChI is InChI=1S/C18H17ClN4/c1-12-2-4-13(5-3-12)16-10-17(14-6-8-15(19)9-7-14)23-18(22-16)20-11-21-23/h2-9,11,16-17H,10H2,1H3,(H,20,21,22)/t16-,17-/m0/s1. The van der Waals surface area contributed by atoms with Crippen LogP contribution in [0.15, 0.2) is 54.9 Å². The van der Waals surface area contributed by atoms with Gasteiger partial charge < -0.3 is 5.32 Å². The van der Waals surface area contributed by atoms with Gasteiger partial charge in [0, 0.05) is 5.02 Å². The van der Waals surface area contributed by atoms with Gasteiger partial charge >= 0.3 is 0 Å². The summed E-state index contributed by atoms with van der Waals surface area (Å²) >= 11 is 6.02. The van der Waals surface area contributed by atoms with E-state index in [9.17, 15) is 0 Å². The van der Waals surface area contributed by atoms with Gasteiger partial charge in [-0.2, -0.15) is 10.1 Å². The molecule has 1 aromatic heterocycles. The lowest BCUT2D eigenvalue weighted by atomic mass is 9.93. The van der Waals surface area contributed by atoms with E-state index >= 15 is 0 Å². The second-order valence-electron chi connectivity index (χ2n) is 5.94. The van der Waals surface area contributed by atoms with Crippen LogP contribution in [0.4, 0.5) is 5.95 Å². The molecule has 4 nitrogen and oxygen atoms in total. The minimum absolute atomic E-state index is 0.150. The predicted octanol–water partition coefficient (Wildman–Crippen LogP) is 4.39. The van der Waals surface area contributed by atoms with E-state index in [1.807, 2.05) is 16.8 Å². The highest BCUT2D eigenvalue weighted by Gasteiger charge is 2.29. The zero-order valence-corrected chi connectivity index (χ0v) is 13.5. The number of fused-ring (bicyclic) bond motifs is 1. The molecule has 2 aromatic carbocycles. The summed E-state index contributed by atoms with van der Waals surface area (Å²) in [5.41, 5.74) is 3.73. The first-order chi connectivity index (χ1) is 11.2. The summed E-state index contributed by atoms with van der Waals surface area (Å²) in [4.78, 5) is 4.36. The topological polar surface area (TPSA) is 42.7 Å². The van der Waals surface area contributed by atoms with Gasteiger partial charge in [0.1, 0.15) is 6.33 Å². The monoisotopic (exact) mass is 324 g/mol. The van der Waals surface area contributed by atoms with E-state index in [-0.39, 0.29) is 12.1 Å². The summed E-state index contributed by atoms with van der Waals surface area (Å²) in [7, 11) is 0. The van der Waals surface area contributed by atoms with Crippen LogP contribution in [0.2, 0.25) is 5.02 Å². The van der Waals surface area contributed by atoms with E-state index in [1.54, 1.807) is 6.33 Å². The van der Waals surface area contributed by atoms with Gasteiger partial charge in [0.25, 0.3) is 0 Å². The van der Waals surface area contributed by atoms with E-state index in [0.29, 0.717) is 0 Å². The second-order valence-corrected chi connectivity index (χ2v) is 6.38. The van der Waals surface area contributed by atoms with Gasteiger partial charge in [-0.05, 0) is 36.6 Å². The smallest absolute Gasteiger partial charge is 0.222 e. The number of hydrogen-bond donors (Lipinski definition) is 1. The maximum absolute atomic E-state index is 6.02. The van der Waals surface area contributed by atoms with Crippen molar-refractivity contribution in [1.82, 2.24) is 14.8 Å². The highest BCUT2D eigenvalue weighted by molar-refractivity contribution is 6.30. The van der Waals surface area contributed by atoms with Crippen LogP contribution in [0.25, 0.3) is 0 Å². The molecule has 1 N–H and O–H groups in total. The first-order valence-corrected chi connectivity index (χ1v) is 8.06. The number of aromatic nitrogens is 3. The first-order valence-electron chi connectivity index (χ1n) is 7.69. The lowest BCUT2D eigenvalue weighted by molar-refractivity contribution is 0.431. The largest absolute Gasteiger partial charge is 0.348 e. The van der Waals surface area contributed by atoms with Gasteiger partial charge in [-0.3, -0.25) is 0 Å². The normalized spacial score (nSPS) is 19.9. The molecule has 1 aliphatic heterocycles. The molecule has 2 atom stereocenters. The number of nitrogens with zero attached hydrogens (tertiary/aromatic N) is 3. The van der Waals surface area contributed by atoms with Crippen molar-refractivity contribution in [3.05, 3.63) is 76.6 Å². The Morgan fingerprint density at radius 3 is 2.48 bits per heavy atom. The molecule has 0 saturated heterocycles. The predicted molar refractivity (Wildman–Crippen MR) is 91.8 cm³/mol. The van der Waals surface area contributed by atoms with Crippen molar-refractivity contribution in [2.24, 2.45) is 0 Å². The zero-order chi connectivity index (χ0) is 15.8. The average Bonchev–Trinajstić information content (AvgIpc) is 3.04. The van der Waals surface area contributed by atoms with Crippen LogP contribution in [0.1, 0.15) is 35.2 Å². The molecule has 3 aromatic rings. The van der Waals surface area contributed by atoms with Crippen LogP contribution in [0.5, 0.6) is 0 Å². The van der Waals surface area contributed by atoms with E-state index in [4.69, 9.17) is 11.6 Å². The van der Waals surface area contributed by atoms with Gasteiger partial charge in [0.15, 0.2) is 0 Å². The molecule has 0 bridgehead atoms. The highest BCUT2D eigenvalue weighted by Crippen LogP contribution is 2.37. The van der Waals surface area contributed by atoms with Gasteiger partial charge in [0.2, 0.25) is 5.95 Å². The molecule has 0 spiro atoms. The van der Waals surface area contributed by atoms with E-state index in [2.05, 4.69) is 58.7 Å². The third-order valence-electron chi connectivity index (χ3n) is 4.37. The van der Waals surface area contributed by atoms with Gasteiger partial charge in [-0.15, -0.1) is 0 Å². The fourth-order valence-electron chi connectivity index (χ4n) is 3.10. The molecule has 0 radical (unpaired) electrons. The molecular weight excluding hydrogens is 308 g/mol. The van der Waals surface area contributed by atoms with Crippen LogP contribution < -0.4 is 5.32 Å². The summed E-state index contributed by atoms with van der Waals surface area (Å²) < 4.78 is 1.95. The third-order valence-corrected chi connectivity index (χ3v) is 4.62. The first kappa shape index (κ1) is 14.3. The summed E-state index contributed by atoms with van der Waals surface area (Å²) in [5, 5.41) is 8.62. The number of aryl methyl sites for hydroxylation is 1. The van der Waals surface area contributed by atoms with E-state index in [1.165, 1.54) is 16.7 Å². The molecule has 0 saturated carbocycles. The fraction of sp³-hybridized carbons (Fsp3) is 0.222. The minimum atomic E-state index is 0.150. The molecule has 2 heterocycles. The molecule has 0 unspecified atom stereocenters. The highest BCUT2D eigenvalue weighted by atomic mass is 35.5. The Labute approximate surface area is 140 Å². The Morgan fingerprint density at radius 1 is 1.04 bits per heavy atom. The summed E-state index contributed by atoms with van der Waals surface area (Å²) in [5.74, 6) is 0.807. The lowest BCUT2D eigenvalue weighted by Gasteiger charge is -2.31. The van der Waals surface area contributed by atoms with Gasteiger partial charge in [-0.1, -0.05) is 53.6 Å². The summed E-state index contributed by atoms with van der Waals surface area (Å²) in [6, 6.07) is 17.0. The van der Waals surface area contributed by atoms with Crippen LogP contribution in [0, 0.1) is 6.92 Å². The number of hydrogen-bond acceptors (Lipinski definition) is 3. The number of benzene rings is 2. The third kappa shape index (κ3) is 2.70. The number of halogens is 1. The SMILES string of the molecule is Cc1ccc([C@@H]2C[C@@H](c3ccc(Cl)cc3)n3ncnc3N2)cc1. The maximum Gasteiger partial charge on any atom is 0.222 e. The number of rotatable bonds is 2. The Morgan fingerprint density at radius 2 is 1.74 bits per heavy atom. The Kier molecular flexibility index (Phi) is 3.54. The molecule has 23 heavy (non-hydrogen) atoms. The molecule has 0 aliphatic carbocycles. The van der Waals surface area contributed by atoms with Gasteiger partial charge in [-0.25, -0.2) is 4.68 Å². The van der Waals surface area contributed by atoms with E-state index < -0.39 is 0 Å². The Balaban J connectivity index is 1.71. The molecular formula is C18H17ClN4. The zero-order valence-electron chi connectivity index (χ0n) is 12.8. The lowest BCUT2D eigenvalue weighted by Crippen LogP contribution is -2.28. The van der Waals surface area contributed by atoms with Crippen molar-refractivity contribution in [3.63, 3.8) is 0 Å². The van der Waals surface area contributed by atoms with Crippen molar-refractivity contribution in [1.29, 1.82) is 0 Å². The fourth-order valence-corrected chi connectivity index (χ4v) is 3.23.